The van der Waals surface area contributed by atoms with Gasteiger partial charge in [-0.15, -0.1) is 11.8 Å². The van der Waals surface area contributed by atoms with Gasteiger partial charge in [-0.1, -0.05) is 18.2 Å². The van der Waals surface area contributed by atoms with Gasteiger partial charge in [0.15, 0.2) is 0 Å². The lowest BCUT2D eigenvalue weighted by molar-refractivity contribution is 0.385. The predicted molar refractivity (Wildman–Crippen MR) is 52.8 cm³/mol. The molecule has 1 aliphatic rings. The minimum absolute atomic E-state index is 0.639. The molecule has 0 spiro atoms. The van der Waals surface area contributed by atoms with Gasteiger partial charge in [-0.3, -0.25) is 0 Å². The van der Waals surface area contributed by atoms with Crippen molar-refractivity contribution in [2.75, 3.05) is 26.9 Å². The van der Waals surface area contributed by atoms with Crippen LogP contribution in [-0.4, -0.2) is 31.8 Å². The summed E-state index contributed by atoms with van der Waals surface area (Å²) in [7, 11) is 4.23. The number of nitrogens with zero attached hydrogens (tertiary/aromatic N) is 1. The molecule has 2 heteroatoms. The van der Waals surface area contributed by atoms with E-state index in [0.717, 1.165) is 6.54 Å². The zero-order valence-electron chi connectivity index (χ0n) is 7.37. The minimum atomic E-state index is 0.639. The molecule has 0 amide bonds. The van der Waals surface area contributed by atoms with Gasteiger partial charge in [0.25, 0.3) is 0 Å². The van der Waals surface area contributed by atoms with Crippen LogP contribution in [0.4, 0.5) is 0 Å². The van der Waals surface area contributed by atoms with E-state index >= 15 is 0 Å². The summed E-state index contributed by atoms with van der Waals surface area (Å²) in [5, 5.41) is 0. The second kappa shape index (κ2) is 3.98. The topological polar surface area (TPSA) is 3.24 Å². The highest BCUT2D eigenvalue weighted by Gasteiger charge is 2.13. The van der Waals surface area contributed by atoms with Gasteiger partial charge in [0.2, 0.25) is 0 Å². The van der Waals surface area contributed by atoms with E-state index in [2.05, 4.69) is 43.5 Å². The molecule has 0 aliphatic heterocycles. The molecule has 1 unspecified atom stereocenters. The Balaban J connectivity index is 2.46. The molecule has 0 bridgehead atoms. The molecule has 0 aromatic rings. The summed E-state index contributed by atoms with van der Waals surface area (Å²) < 4.78 is 0. The first-order chi connectivity index (χ1) is 5.24. The molecule has 0 saturated heterocycles. The number of rotatable bonds is 3. The van der Waals surface area contributed by atoms with Crippen LogP contribution in [0.15, 0.2) is 23.1 Å². The first kappa shape index (κ1) is 8.88. The van der Waals surface area contributed by atoms with E-state index in [1.807, 2.05) is 11.8 Å². The summed E-state index contributed by atoms with van der Waals surface area (Å²) in [6.07, 6.45) is 8.77. The maximum atomic E-state index is 2.27. The van der Waals surface area contributed by atoms with Crippen molar-refractivity contribution in [3.63, 3.8) is 0 Å². The van der Waals surface area contributed by atoms with Crippen molar-refractivity contribution in [2.24, 2.45) is 5.92 Å². The van der Waals surface area contributed by atoms with Crippen LogP contribution in [0.2, 0.25) is 0 Å². The third-order valence-electron chi connectivity index (χ3n) is 1.77. The van der Waals surface area contributed by atoms with Gasteiger partial charge >= 0.3 is 0 Å². The van der Waals surface area contributed by atoms with E-state index in [9.17, 15) is 0 Å². The molecule has 62 valence electrons. The highest BCUT2D eigenvalue weighted by Crippen LogP contribution is 2.27. The Morgan fingerprint density at radius 3 is 2.82 bits per heavy atom. The molecule has 11 heavy (non-hydrogen) atoms. The van der Waals surface area contributed by atoms with Gasteiger partial charge in [-0.25, -0.2) is 0 Å². The first-order valence-corrected chi connectivity index (χ1v) is 5.03. The van der Waals surface area contributed by atoms with E-state index in [-0.39, 0.29) is 0 Å². The molecule has 0 radical (unpaired) electrons. The molecule has 0 N–H and O–H groups in total. The molecule has 0 aromatic carbocycles. The van der Waals surface area contributed by atoms with Crippen molar-refractivity contribution in [1.29, 1.82) is 0 Å². The van der Waals surface area contributed by atoms with Gasteiger partial charge in [-0.05, 0) is 25.3 Å². The fraction of sp³-hybridized carbons (Fsp3) is 0.556. The van der Waals surface area contributed by atoms with Crippen molar-refractivity contribution in [2.45, 2.75) is 0 Å². The third kappa shape index (κ3) is 2.38. The summed E-state index contributed by atoms with van der Waals surface area (Å²) in [4.78, 5) is 3.71. The minimum Gasteiger partial charge on any atom is -0.308 e. The van der Waals surface area contributed by atoms with Crippen LogP contribution >= 0.6 is 11.8 Å². The molecule has 0 fully saturated rings. The van der Waals surface area contributed by atoms with Gasteiger partial charge in [0, 0.05) is 12.5 Å². The Labute approximate surface area is 73.2 Å². The predicted octanol–water partition coefficient (Wildman–Crippen LogP) is 1.98. The van der Waals surface area contributed by atoms with E-state index < -0.39 is 0 Å². The average molecular weight is 169 g/mol. The maximum Gasteiger partial charge on any atom is 0.0208 e. The molecule has 0 aromatic heterocycles. The van der Waals surface area contributed by atoms with Crippen molar-refractivity contribution in [1.82, 2.24) is 4.90 Å². The van der Waals surface area contributed by atoms with Crippen LogP contribution in [0, 0.1) is 5.92 Å². The van der Waals surface area contributed by atoms with Crippen LogP contribution in [0.25, 0.3) is 0 Å². The highest BCUT2D eigenvalue weighted by molar-refractivity contribution is 8.02. The monoisotopic (exact) mass is 169 g/mol. The lowest BCUT2D eigenvalue weighted by atomic mass is 10.1. The third-order valence-corrected chi connectivity index (χ3v) is 2.68. The van der Waals surface area contributed by atoms with Crippen molar-refractivity contribution in [3.05, 3.63) is 23.1 Å². The van der Waals surface area contributed by atoms with Crippen LogP contribution in [0.1, 0.15) is 0 Å². The van der Waals surface area contributed by atoms with E-state index in [1.54, 1.807) is 0 Å². The molecule has 1 aliphatic carbocycles. The number of hydrogen-bond acceptors (Lipinski definition) is 2. The zero-order valence-corrected chi connectivity index (χ0v) is 8.19. The van der Waals surface area contributed by atoms with Crippen LogP contribution in [-0.2, 0) is 0 Å². The molecule has 1 atom stereocenters. The summed E-state index contributed by atoms with van der Waals surface area (Å²) in [6.45, 7) is 1.13. The first-order valence-electron chi connectivity index (χ1n) is 3.81. The molecule has 0 heterocycles. The smallest absolute Gasteiger partial charge is 0.0208 e. The number of thioether (sulfide) groups is 1. The standard InChI is InChI=1S/C9H15NS/c1-10(2)7-8-5-4-6-9(8)11-3/h4-6,8H,7H2,1-3H3. The van der Waals surface area contributed by atoms with Crippen molar-refractivity contribution >= 4 is 11.8 Å². The van der Waals surface area contributed by atoms with E-state index in [0.29, 0.717) is 5.92 Å². The van der Waals surface area contributed by atoms with Gasteiger partial charge in [0.05, 0.1) is 0 Å². The zero-order chi connectivity index (χ0) is 8.27. The summed E-state index contributed by atoms with van der Waals surface area (Å²) in [6, 6.07) is 0. The lowest BCUT2D eigenvalue weighted by Crippen LogP contribution is -2.20. The largest absolute Gasteiger partial charge is 0.308 e. The van der Waals surface area contributed by atoms with Crippen molar-refractivity contribution < 1.29 is 0 Å². The SMILES string of the molecule is CSC1=CC=CC1CN(C)C. The second-order valence-electron chi connectivity index (χ2n) is 3.03. The Morgan fingerprint density at radius 2 is 2.27 bits per heavy atom. The highest BCUT2D eigenvalue weighted by atomic mass is 32.2. The van der Waals surface area contributed by atoms with Crippen LogP contribution in [0.3, 0.4) is 0 Å². The molecule has 1 nitrogen and oxygen atoms in total. The number of allylic oxidation sites excluding steroid dienone is 2. The molecule has 1 rings (SSSR count). The Bertz CT molecular complexity index is 182. The molecule has 0 saturated carbocycles. The van der Waals surface area contributed by atoms with Crippen LogP contribution < -0.4 is 0 Å². The quantitative estimate of drug-likeness (QED) is 0.635. The average Bonchev–Trinajstić information content (AvgIpc) is 2.34. The Kier molecular flexibility index (Phi) is 3.21. The van der Waals surface area contributed by atoms with Gasteiger partial charge < -0.3 is 4.90 Å². The normalized spacial score (nSPS) is 22.9. The fourth-order valence-electron chi connectivity index (χ4n) is 1.27. The summed E-state index contributed by atoms with van der Waals surface area (Å²) >= 11 is 1.85. The van der Waals surface area contributed by atoms with Crippen LogP contribution in [0.5, 0.6) is 0 Å². The number of hydrogen-bond donors (Lipinski definition) is 0. The van der Waals surface area contributed by atoms with Gasteiger partial charge in [-0.2, -0.15) is 0 Å². The lowest BCUT2D eigenvalue weighted by Gasteiger charge is -2.16. The van der Waals surface area contributed by atoms with E-state index in [1.165, 1.54) is 4.91 Å². The molecular formula is C9H15NS. The second-order valence-corrected chi connectivity index (χ2v) is 3.91. The fourth-order valence-corrected chi connectivity index (χ4v) is 1.94. The van der Waals surface area contributed by atoms with Crippen molar-refractivity contribution in [3.8, 4) is 0 Å². The molecular weight excluding hydrogens is 154 g/mol. The summed E-state index contributed by atoms with van der Waals surface area (Å²) in [5.74, 6) is 0.639. The summed E-state index contributed by atoms with van der Waals surface area (Å²) in [5.41, 5.74) is 0. The van der Waals surface area contributed by atoms with E-state index in [4.69, 9.17) is 0 Å². The maximum absolute atomic E-state index is 2.27. The Morgan fingerprint density at radius 1 is 1.55 bits per heavy atom. The Hall–Kier alpha value is -0.210. The van der Waals surface area contributed by atoms with Gasteiger partial charge in [0.1, 0.15) is 0 Å².